The molecule has 0 aliphatic carbocycles. The maximum atomic E-state index is 11.2. The molecule has 2 heterocycles. The van der Waals surface area contributed by atoms with Gasteiger partial charge in [0.25, 0.3) is 0 Å². The largest absolute Gasteiger partial charge is 0.330 e. The van der Waals surface area contributed by atoms with Crippen molar-refractivity contribution in [3.63, 3.8) is 0 Å². The van der Waals surface area contributed by atoms with E-state index in [1.165, 1.54) is 30.0 Å². The van der Waals surface area contributed by atoms with Gasteiger partial charge < -0.3 is 10.6 Å². The summed E-state index contributed by atoms with van der Waals surface area (Å²) in [5, 5.41) is 24.3. The maximum Gasteiger partial charge on any atom is 0.221 e. The van der Waals surface area contributed by atoms with E-state index in [9.17, 15) is 10.1 Å². The SMILES string of the molecule is CC(=O)Nc1cccc(Nc2nnc(Sc3cc(C)nc(C)c3C#N)s2)c1. The van der Waals surface area contributed by atoms with Crippen LogP contribution in [-0.2, 0) is 4.79 Å². The lowest BCUT2D eigenvalue weighted by Gasteiger charge is -2.06. The van der Waals surface area contributed by atoms with Crippen molar-refractivity contribution in [2.75, 3.05) is 10.6 Å². The average molecular weight is 397 g/mol. The van der Waals surface area contributed by atoms with Crippen LogP contribution in [0.15, 0.2) is 39.6 Å². The molecule has 0 fully saturated rings. The number of carbonyl (C=O) groups excluding carboxylic acids is 1. The van der Waals surface area contributed by atoms with E-state index < -0.39 is 0 Å². The Kier molecular flexibility index (Phi) is 5.69. The van der Waals surface area contributed by atoms with Crippen LogP contribution >= 0.6 is 23.1 Å². The number of rotatable bonds is 5. The summed E-state index contributed by atoms with van der Waals surface area (Å²) in [5.74, 6) is -0.127. The Morgan fingerprint density at radius 3 is 2.74 bits per heavy atom. The molecule has 3 aromatic rings. The van der Waals surface area contributed by atoms with Crippen molar-refractivity contribution in [2.45, 2.75) is 30.0 Å². The summed E-state index contributed by atoms with van der Waals surface area (Å²) in [5.41, 5.74) is 3.61. The minimum Gasteiger partial charge on any atom is -0.330 e. The van der Waals surface area contributed by atoms with E-state index >= 15 is 0 Å². The van der Waals surface area contributed by atoms with Gasteiger partial charge in [0.1, 0.15) is 6.07 Å². The molecule has 27 heavy (non-hydrogen) atoms. The van der Waals surface area contributed by atoms with E-state index in [2.05, 4.69) is 31.9 Å². The van der Waals surface area contributed by atoms with E-state index in [0.29, 0.717) is 22.1 Å². The van der Waals surface area contributed by atoms with E-state index in [4.69, 9.17) is 0 Å². The van der Waals surface area contributed by atoms with Crippen molar-refractivity contribution in [2.24, 2.45) is 0 Å². The smallest absolute Gasteiger partial charge is 0.221 e. The molecular formula is C18H16N6OS2. The third-order valence-electron chi connectivity index (χ3n) is 3.44. The highest BCUT2D eigenvalue weighted by Crippen LogP contribution is 2.35. The third-order valence-corrected chi connectivity index (χ3v) is 5.37. The number of nitrogens with zero attached hydrogens (tertiary/aromatic N) is 4. The summed E-state index contributed by atoms with van der Waals surface area (Å²) >= 11 is 2.78. The molecule has 0 spiro atoms. The molecule has 2 N–H and O–H groups in total. The first-order valence-corrected chi connectivity index (χ1v) is 9.62. The number of hydrogen-bond acceptors (Lipinski definition) is 8. The van der Waals surface area contributed by atoms with Crippen LogP contribution in [-0.4, -0.2) is 21.1 Å². The quantitative estimate of drug-likeness (QED) is 0.663. The topological polar surface area (TPSA) is 104 Å². The predicted octanol–water partition coefficient (Wildman–Crippen LogP) is 4.27. The Morgan fingerprint density at radius 2 is 2.00 bits per heavy atom. The number of aryl methyl sites for hydroxylation is 2. The number of nitriles is 1. The van der Waals surface area contributed by atoms with Gasteiger partial charge in [0.15, 0.2) is 4.34 Å². The molecular weight excluding hydrogens is 380 g/mol. The van der Waals surface area contributed by atoms with Crippen molar-refractivity contribution < 1.29 is 4.79 Å². The molecule has 136 valence electrons. The number of carbonyl (C=O) groups is 1. The lowest BCUT2D eigenvalue weighted by molar-refractivity contribution is -0.114. The summed E-state index contributed by atoms with van der Waals surface area (Å²) in [6.07, 6.45) is 0. The highest BCUT2D eigenvalue weighted by Gasteiger charge is 2.13. The molecule has 0 unspecified atom stereocenters. The molecule has 7 nitrogen and oxygen atoms in total. The van der Waals surface area contributed by atoms with Crippen LogP contribution in [0.3, 0.4) is 0 Å². The molecule has 0 atom stereocenters. The first kappa shape index (κ1) is 18.8. The van der Waals surface area contributed by atoms with Gasteiger partial charge in [0.2, 0.25) is 11.0 Å². The highest BCUT2D eigenvalue weighted by molar-refractivity contribution is 8.01. The lowest BCUT2D eigenvalue weighted by atomic mass is 10.2. The third kappa shape index (κ3) is 4.81. The lowest BCUT2D eigenvalue weighted by Crippen LogP contribution is -2.05. The second kappa shape index (κ2) is 8.16. The zero-order valence-corrected chi connectivity index (χ0v) is 16.5. The van der Waals surface area contributed by atoms with Crippen LogP contribution < -0.4 is 10.6 Å². The summed E-state index contributed by atoms with van der Waals surface area (Å²) in [6.45, 7) is 5.19. The van der Waals surface area contributed by atoms with Gasteiger partial charge in [-0.2, -0.15) is 5.26 Å². The van der Waals surface area contributed by atoms with Gasteiger partial charge in [0, 0.05) is 28.9 Å². The fourth-order valence-corrected chi connectivity index (χ4v) is 4.37. The normalized spacial score (nSPS) is 10.3. The van der Waals surface area contributed by atoms with Gasteiger partial charge >= 0.3 is 0 Å². The van der Waals surface area contributed by atoms with Crippen LogP contribution in [0.5, 0.6) is 0 Å². The molecule has 0 radical (unpaired) electrons. The summed E-state index contributed by atoms with van der Waals surface area (Å²) < 4.78 is 0.719. The standard InChI is InChI=1S/C18H16N6OS2/c1-10-7-16(15(9-19)11(2)20-10)26-18-24-23-17(27-18)22-14-6-4-5-13(8-14)21-12(3)25/h4-8H,1-3H3,(H,21,25)(H,22,23). The Labute approximate surface area is 164 Å². The summed E-state index contributed by atoms with van der Waals surface area (Å²) in [7, 11) is 0. The number of aromatic nitrogens is 3. The van der Waals surface area contributed by atoms with Gasteiger partial charge in [-0.3, -0.25) is 9.78 Å². The van der Waals surface area contributed by atoms with Gasteiger partial charge in [-0.15, -0.1) is 10.2 Å². The maximum absolute atomic E-state index is 11.2. The van der Waals surface area contributed by atoms with Gasteiger partial charge in [-0.1, -0.05) is 29.2 Å². The van der Waals surface area contributed by atoms with Crippen LogP contribution in [0.25, 0.3) is 0 Å². The van der Waals surface area contributed by atoms with Crippen molar-refractivity contribution in [1.29, 1.82) is 5.26 Å². The number of hydrogen-bond donors (Lipinski definition) is 2. The minimum atomic E-state index is -0.127. The number of anilines is 3. The Hall–Kier alpha value is -2.96. The van der Waals surface area contributed by atoms with Crippen molar-refractivity contribution in [1.82, 2.24) is 15.2 Å². The first-order chi connectivity index (χ1) is 12.9. The van der Waals surface area contributed by atoms with Crippen LogP contribution in [0.2, 0.25) is 0 Å². The number of nitrogens with one attached hydrogen (secondary N) is 2. The molecule has 1 amide bonds. The highest BCUT2D eigenvalue weighted by atomic mass is 32.2. The van der Waals surface area contributed by atoms with Crippen LogP contribution in [0, 0.1) is 25.2 Å². The first-order valence-electron chi connectivity index (χ1n) is 7.99. The Morgan fingerprint density at radius 1 is 1.22 bits per heavy atom. The zero-order chi connectivity index (χ0) is 19.4. The Balaban J connectivity index is 1.77. The molecule has 0 bridgehead atoms. The fraction of sp³-hybridized carbons (Fsp3) is 0.167. The molecule has 9 heteroatoms. The number of pyridine rings is 1. The monoisotopic (exact) mass is 396 g/mol. The predicted molar refractivity (Wildman–Crippen MR) is 106 cm³/mol. The molecule has 1 aromatic carbocycles. The fourth-order valence-electron chi connectivity index (χ4n) is 2.41. The molecule has 0 aliphatic rings. The second-order valence-corrected chi connectivity index (χ2v) is 7.96. The van der Waals surface area contributed by atoms with E-state index in [0.717, 1.165) is 20.6 Å². The minimum absolute atomic E-state index is 0.127. The second-order valence-electron chi connectivity index (χ2n) is 5.70. The van der Waals surface area contributed by atoms with E-state index in [1.807, 2.05) is 44.2 Å². The van der Waals surface area contributed by atoms with Crippen LogP contribution in [0.4, 0.5) is 16.5 Å². The number of amides is 1. The Bertz CT molecular complexity index is 1040. The van der Waals surface area contributed by atoms with Crippen molar-refractivity contribution in [3.05, 3.63) is 47.3 Å². The van der Waals surface area contributed by atoms with E-state index in [-0.39, 0.29) is 5.91 Å². The van der Waals surface area contributed by atoms with Crippen LogP contribution in [0.1, 0.15) is 23.9 Å². The van der Waals surface area contributed by atoms with Gasteiger partial charge in [-0.05, 0) is 38.1 Å². The molecule has 0 saturated carbocycles. The summed E-state index contributed by atoms with van der Waals surface area (Å²) in [4.78, 5) is 16.3. The molecule has 0 saturated heterocycles. The molecule has 3 rings (SSSR count). The zero-order valence-electron chi connectivity index (χ0n) is 14.9. The average Bonchev–Trinajstić information content (AvgIpc) is 3.01. The van der Waals surface area contributed by atoms with Crippen molar-refractivity contribution in [3.8, 4) is 6.07 Å². The number of benzene rings is 1. The molecule has 2 aromatic heterocycles. The van der Waals surface area contributed by atoms with Gasteiger partial charge in [-0.25, -0.2) is 0 Å². The summed E-state index contributed by atoms with van der Waals surface area (Å²) in [6, 6.07) is 11.4. The van der Waals surface area contributed by atoms with Gasteiger partial charge in [0.05, 0.1) is 11.3 Å². The van der Waals surface area contributed by atoms with E-state index in [1.54, 1.807) is 0 Å². The van der Waals surface area contributed by atoms with Crippen molar-refractivity contribution >= 4 is 45.5 Å². The molecule has 0 aliphatic heterocycles.